The van der Waals surface area contributed by atoms with Gasteiger partial charge in [0, 0.05) is 12.5 Å². The van der Waals surface area contributed by atoms with Crippen molar-refractivity contribution in [2.24, 2.45) is 11.8 Å². The third-order valence-electron chi connectivity index (χ3n) is 3.74. The molecule has 1 amide bonds. The summed E-state index contributed by atoms with van der Waals surface area (Å²) in [7, 11) is 0. The summed E-state index contributed by atoms with van der Waals surface area (Å²) < 4.78 is 5.57. The van der Waals surface area contributed by atoms with Crippen molar-refractivity contribution >= 4 is 6.09 Å². The van der Waals surface area contributed by atoms with E-state index in [0.29, 0.717) is 18.4 Å². The molecule has 104 valence electrons. The summed E-state index contributed by atoms with van der Waals surface area (Å²) in [6.07, 6.45) is 5.06. The van der Waals surface area contributed by atoms with Crippen LogP contribution >= 0.6 is 0 Å². The molecule has 3 unspecified atom stereocenters. The van der Waals surface area contributed by atoms with E-state index in [1.165, 1.54) is 6.42 Å². The van der Waals surface area contributed by atoms with Crippen LogP contribution < -0.4 is 5.32 Å². The Bertz CT molecular complexity index is 288. The van der Waals surface area contributed by atoms with E-state index in [2.05, 4.69) is 25.7 Å². The maximum absolute atomic E-state index is 11.7. The molecule has 0 aromatic rings. The first-order chi connectivity index (χ1) is 8.54. The van der Waals surface area contributed by atoms with E-state index < -0.39 is 0 Å². The number of carbonyl (C=O) groups is 1. The number of amides is 1. The molecule has 1 fully saturated rings. The van der Waals surface area contributed by atoms with Crippen molar-refractivity contribution in [1.82, 2.24) is 5.32 Å². The van der Waals surface area contributed by atoms with Gasteiger partial charge in [0.1, 0.15) is 6.10 Å². The van der Waals surface area contributed by atoms with Crippen molar-refractivity contribution in [3.8, 4) is 0 Å². The fourth-order valence-electron chi connectivity index (χ4n) is 2.57. The number of alkyl carbamates (subject to hydrolysis) is 1. The third-order valence-corrected chi connectivity index (χ3v) is 3.74. The fraction of sp³-hybridized carbons (Fsp3) is 0.800. The maximum atomic E-state index is 11.7. The van der Waals surface area contributed by atoms with E-state index in [9.17, 15) is 4.79 Å². The number of unbranched alkanes of at least 4 members (excludes halogenated alkanes) is 1. The highest BCUT2D eigenvalue weighted by Gasteiger charge is 2.31. The number of rotatable bonds is 5. The van der Waals surface area contributed by atoms with Crippen LogP contribution in [0.25, 0.3) is 0 Å². The molecule has 0 spiro atoms. The van der Waals surface area contributed by atoms with Crippen LogP contribution in [0, 0.1) is 11.8 Å². The normalized spacial score (nSPS) is 27.6. The van der Waals surface area contributed by atoms with Gasteiger partial charge in [0.05, 0.1) is 0 Å². The summed E-state index contributed by atoms with van der Waals surface area (Å²) in [6.45, 7) is 11.1. The molecule has 0 bridgehead atoms. The first-order valence-corrected chi connectivity index (χ1v) is 7.14. The molecule has 0 aliphatic heterocycles. The SMILES string of the molecule is C=C(C)C1CCC(C)CC1OC(=O)NCCCC. The standard InChI is InChI=1S/C15H27NO2/c1-5-6-9-16-15(17)18-14-10-12(4)7-8-13(14)11(2)3/h12-14H,2,5-10H2,1,3-4H3,(H,16,17). The summed E-state index contributed by atoms with van der Waals surface area (Å²) >= 11 is 0. The topological polar surface area (TPSA) is 38.3 Å². The minimum absolute atomic E-state index is 0.00729. The second-order valence-corrected chi connectivity index (χ2v) is 5.60. The molecule has 0 saturated heterocycles. The molecule has 18 heavy (non-hydrogen) atoms. The lowest BCUT2D eigenvalue weighted by Crippen LogP contribution is -2.37. The van der Waals surface area contributed by atoms with E-state index >= 15 is 0 Å². The molecule has 0 radical (unpaired) electrons. The average Bonchev–Trinajstić information content (AvgIpc) is 2.29. The average molecular weight is 253 g/mol. The van der Waals surface area contributed by atoms with Gasteiger partial charge in [0.2, 0.25) is 0 Å². The van der Waals surface area contributed by atoms with E-state index in [4.69, 9.17) is 4.74 Å². The van der Waals surface area contributed by atoms with Crippen LogP contribution in [0.3, 0.4) is 0 Å². The summed E-state index contributed by atoms with van der Waals surface area (Å²) in [4.78, 5) is 11.7. The zero-order chi connectivity index (χ0) is 13.5. The highest BCUT2D eigenvalue weighted by Crippen LogP contribution is 2.34. The summed E-state index contributed by atoms with van der Waals surface area (Å²) in [5.41, 5.74) is 1.13. The lowest BCUT2D eigenvalue weighted by atomic mass is 9.78. The fourth-order valence-corrected chi connectivity index (χ4v) is 2.57. The highest BCUT2D eigenvalue weighted by molar-refractivity contribution is 5.67. The molecular formula is C15H27NO2. The number of hydrogen-bond acceptors (Lipinski definition) is 2. The van der Waals surface area contributed by atoms with Crippen LogP contribution in [-0.4, -0.2) is 18.7 Å². The molecule has 3 atom stereocenters. The Labute approximate surface area is 111 Å². The minimum Gasteiger partial charge on any atom is -0.446 e. The number of hydrogen-bond donors (Lipinski definition) is 1. The van der Waals surface area contributed by atoms with Gasteiger partial charge in [-0.2, -0.15) is 0 Å². The van der Waals surface area contributed by atoms with Crippen LogP contribution in [0.4, 0.5) is 4.79 Å². The van der Waals surface area contributed by atoms with E-state index in [1.54, 1.807) is 0 Å². The predicted octanol–water partition coefficient (Wildman–Crippen LogP) is 3.89. The second kappa shape index (κ2) is 7.45. The van der Waals surface area contributed by atoms with Gasteiger partial charge in [0.25, 0.3) is 0 Å². The molecule has 0 aromatic heterocycles. The van der Waals surface area contributed by atoms with Crippen molar-refractivity contribution in [3.05, 3.63) is 12.2 Å². The van der Waals surface area contributed by atoms with Crippen molar-refractivity contribution in [2.75, 3.05) is 6.54 Å². The Morgan fingerprint density at radius 2 is 2.17 bits per heavy atom. The van der Waals surface area contributed by atoms with Gasteiger partial charge in [-0.05, 0) is 38.5 Å². The molecule has 1 saturated carbocycles. The Morgan fingerprint density at radius 1 is 1.44 bits per heavy atom. The van der Waals surface area contributed by atoms with Crippen LogP contribution in [0.2, 0.25) is 0 Å². The first-order valence-electron chi connectivity index (χ1n) is 7.14. The van der Waals surface area contributed by atoms with Gasteiger partial charge in [-0.1, -0.05) is 32.4 Å². The monoisotopic (exact) mass is 253 g/mol. The molecule has 1 rings (SSSR count). The van der Waals surface area contributed by atoms with Crippen molar-refractivity contribution in [3.63, 3.8) is 0 Å². The van der Waals surface area contributed by atoms with Crippen molar-refractivity contribution in [2.45, 2.75) is 59.0 Å². The Kier molecular flexibility index (Phi) is 6.23. The van der Waals surface area contributed by atoms with Gasteiger partial charge in [-0.25, -0.2) is 4.79 Å². The van der Waals surface area contributed by atoms with Gasteiger partial charge in [0.15, 0.2) is 0 Å². The van der Waals surface area contributed by atoms with Gasteiger partial charge in [-0.3, -0.25) is 0 Å². The molecule has 0 heterocycles. The molecule has 1 aliphatic rings. The Hall–Kier alpha value is -0.990. The first kappa shape index (κ1) is 15.1. The maximum Gasteiger partial charge on any atom is 0.407 e. The lowest BCUT2D eigenvalue weighted by Gasteiger charge is -2.34. The minimum atomic E-state index is -0.270. The molecule has 3 nitrogen and oxygen atoms in total. The number of ether oxygens (including phenoxy) is 1. The molecule has 0 aromatic carbocycles. The third kappa shape index (κ3) is 4.71. The van der Waals surface area contributed by atoms with E-state index in [-0.39, 0.29) is 12.2 Å². The van der Waals surface area contributed by atoms with Gasteiger partial charge >= 0.3 is 6.09 Å². The summed E-state index contributed by atoms with van der Waals surface area (Å²) in [6, 6.07) is 0. The lowest BCUT2D eigenvalue weighted by molar-refractivity contribution is 0.0349. The van der Waals surface area contributed by atoms with Crippen LogP contribution in [-0.2, 0) is 4.74 Å². The van der Waals surface area contributed by atoms with Crippen LogP contribution in [0.15, 0.2) is 12.2 Å². The van der Waals surface area contributed by atoms with E-state index in [0.717, 1.165) is 31.3 Å². The van der Waals surface area contributed by atoms with E-state index in [1.807, 2.05) is 6.92 Å². The van der Waals surface area contributed by atoms with Gasteiger partial charge < -0.3 is 10.1 Å². The molecule has 1 N–H and O–H groups in total. The summed E-state index contributed by atoms with van der Waals surface area (Å²) in [5.74, 6) is 0.965. The smallest absolute Gasteiger partial charge is 0.407 e. The number of nitrogens with one attached hydrogen (secondary N) is 1. The molecular weight excluding hydrogens is 226 g/mol. The van der Waals surface area contributed by atoms with Crippen molar-refractivity contribution in [1.29, 1.82) is 0 Å². The molecule has 1 aliphatic carbocycles. The zero-order valence-corrected chi connectivity index (χ0v) is 12.0. The Morgan fingerprint density at radius 3 is 2.78 bits per heavy atom. The predicted molar refractivity (Wildman–Crippen MR) is 74.5 cm³/mol. The summed E-state index contributed by atoms with van der Waals surface area (Å²) in [5, 5.41) is 2.81. The highest BCUT2D eigenvalue weighted by atomic mass is 16.6. The number of carbonyl (C=O) groups excluding carboxylic acids is 1. The quantitative estimate of drug-likeness (QED) is 0.596. The van der Waals surface area contributed by atoms with Crippen LogP contribution in [0.5, 0.6) is 0 Å². The largest absolute Gasteiger partial charge is 0.446 e. The zero-order valence-electron chi connectivity index (χ0n) is 12.0. The van der Waals surface area contributed by atoms with Crippen LogP contribution in [0.1, 0.15) is 52.9 Å². The Balaban J connectivity index is 2.45. The van der Waals surface area contributed by atoms with Gasteiger partial charge in [-0.15, -0.1) is 0 Å². The molecule has 3 heteroatoms. The second-order valence-electron chi connectivity index (χ2n) is 5.60. The van der Waals surface area contributed by atoms with Crippen molar-refractivity contribution < 1.29 is 9.53 Å².